The van der Waals surface area contributed by atoms with Crippen LogP contribution >= 0.6 is 11.8 Å². The molecule has 1 heterocycles. The molecule has 0 N–H and O–H groups in total. The van der Waals surface area contributed by atoms with Crippen LogP contribution in [0.2, 0.25) is 0 Å². The van der Waals surface area contributed by atoms with Crippen molar-refractivity contribution >= 4 is 17.0 Å². The second kappa shape index (κ2) is 3.63. The van der Waals surface area contributed by atoms with Crippen LogP contribution in [0.5, 0.6) is 0 Å². The average molecular weight is 179 g/mol. The molecular weight excluding hydrogens is 170 g/mol. The summed E-state index contributed by atoms with van der Waals surface area (Å²) in [6, 6.07) is 10.1. The van der Waals surface area contributed by atoms with E-state index in [1.54, 1.807) is 11.8 Å². The van der Waals surface area contributed by atoms with Gasteiger partial charge >= 0.3 is 0 Å². The van der Waals surface area contributed by atoms with Crippen molar-refractivity contribution < 1.29 is 4.74 Å². The smallest absolute Gasteiger partial charge is 0.250 e. The Balaban J connectivity index is 2.04. The Morgan fingerprint density at radius 1 is 1.25 bits per heavy atom. The van der Waals surface area contributed by atoms with Crippen LogP contribution in [-0.4, -0.2) is 18.4 Å². The first-order chi connectivity index (χ1) is 5.95. The highest BCUT2D eigenvalue weighted by Crippen LogP contribution is 2.21. The Hall–Kier alpha value is -0.960. The molecular formula is C9H9NOS. The van der Waals surface area contributed by atoms with Crippen LogP contribution in [0.25, 0.3) is 0 Å². The van der Waals surface area contributed by atoms with Crippen LogP contribution in [0.4, 0.5) is 0 Å². The molecule has 0 saturated carbocycles. The molecule has 0 unspecified atom stereocenters. The number of nitrogens with zero attached hydrogens (tertiary/aromatic N) is 1. The van der Waals surface area contributed by atoms with Gasteiger partial charge in [-0.3, -0.25) is 0 Å². The van der Waals surface area contributed by atoms with Crippen molar-refractivity contribution in [2.24, 2.45) is 4.99 Å². The monoisotopic (exact) mass is 179 g/mol. The molecule has 1 aliphatic heterocycles. The van der Waals surface area contributed by atoms with Crippen molar-refractivity contribution in [2.45, 2.75) is 4.90 Å². The first-order valence-electron chi connectivity index (χ1n) is 3.85. The molecule has 0 aromatic heterocycles. The van der Waals surface area contributed by atoms with Gasteiger partial charge in [-0.05, 0) is 23.9 Å². The largest absolute Gasteiger partial charge is 0.471 e. The fraction of sp³-hybridized carbons (Fsp3) is 0.222. The predicted octanol–water partition coefficient (Wildman–Crippen LogP) is 2.16. The summed E-state index contributed by atoms with van der Waals surface area (Å²) >= 11 is 1.58. The van der Waals surface area contributed by atoms with Gasteiger partial charge < -0.3 is 4.74 Å². The Morgan fingerprint density at radius 2 is 2.08 bits per heavy atom. The normalized spacial score (nSPS) is 15.5. The number of hydrogen-bond donors (Lipinski definition) is 0. The van der Waals surface area contributed by atoms with Crippen molar-refractivity contribution in [1.82, 2.24) is 0 Å². The van der Waals surface area contributed by atoms with E-state index in [0.717, 1.165) is 18.4 Å². The van der Waals surface area contributed by atoms with Gasteiger partial charge in [0.1, 0.15) is 6.61 Å². The fourth-order valence-electron chi connectivity index (χ4n) is 0.967. The van der Waals surface area contributed by atoms with Crippen LogP contribution in [0.1, 0.15) is 0 Å². The number of benzene rings is 1. The highest BCUT2D eigenvalue weighted by Gasteiger charge is 2.07. The van der Waals surface area contributed by atoms with Gasteiger partial charge in [0.05, 0.1) is 6.54 Å². The molecule has 62 valence electrons. The number of rotatable bonds is 1. The first kappa shape index (κ1) is 7.68. The van der Waals surface area contributed by atoms with Crippen molar-refractivity contribution in [3.63, 3.8) is 0 Å². The maximum absolute atomic E-state index is 5.27. The lowest BCUT2D eigenvalue weighted by atomic mass is 10.4. The SMILES string of the molecule is c1ccc(SC2=NCCO2)cc1. The molecule has 3 heteroatoms. The lowest BCUT2D eigenvalue weighted by molar-refractivity contribution is 0.356. The van der Waals surface area contributed by atoms with Crippen molar-refractivity contribution in [3.05, 3.63) is 30.3 Å². The molecule has 0 saturated heterocycles. The van der Waals surface area contributed by atoms with Gasteiger partial charge in [0.15, 0.2) is 0 Å². The second-order valence-corrected chi connectivity index (χ2v) is 3.44. The molecule has 0 aliphatic carbocycles. The van der Waals surface area contributed by atoms with Gasteiger partial charge in [0.2, 0.25) is 0 Å². The molecule has 0 radical (unpaired) electrons. The third kappa shape index (κ3) is 1.80. The number of ether oxygens (including phenoxy) is 1. The van der Waals surface area contributed by atoms with E-state index in [2.05, 4.69) is 17.1 Å². The predicted molar refractivity (Wildman–Crippen MR) is 50.6 cm³/mol. The van der Waals surface area contributed by atoms with Gasteiger partial charge in [-0.1, -0.05) is 18.2 Å². The van der Waals surface area contributed by atoms with Crippen LogP contribution in [0.15, 0.2) is 40.2 Å². The minimum absolute atomic E-state index is 0.731. The molecule has 0 amide bonds. The Labute approximate surface area is 75.7 Å². The van der Waals surface area contributed by atoms with E-state index in [9.17, 15) is 0 Å². The number of aliphatic imine (C=N–C) groups is 1. The van der Waals surface area contributed by atoms with Crippen molar-refractivity contribution in [2.75, 3.05) is 13.2 Å². The number of hydrogen-bond acceptors (Lipinski definition) is 3. The third-order valence-corrected chi connectivity index (χ3v) is 2.44. The molecule has 0 bridgehead atoms. The summed E-state index contributed by atoms with van der Waals surface area (Å²) in [5.41, 5.74) is 0. The van der Waals surface area contributed by atoms with Gasteiger partial charge in [-0.15, -0.1) is 0 Å². The molecule has 1 aromatic rings. The van der Waals surface area contributed by atoms with Crippen molar-refractivity contribution in [3.8, 4) is 0 Å². The zero-order valence-electron chi connectivity index (χ0n) is 6.56. The molecule has 0 spiro atoms. The van der Waals surface area contributed by atoms with Crippen LogP contribution < -0.4 is 0 Å². The molecule has 0 atom stereocenters. The van der Waals surface area contributed by atoms with Crippen LogP contribution in [0, 0.1) is 0 Å². The van der Waals surface area contributed by atoms with Crippen LogP contribution in [0.3, 0.4) is 0 Å². The summed E-state index contributed by atoms with van der Waals surface area (Å²) in [4.78, 5) is 5.37. The highest BCUT2D eigenvalue weighted by atomic mass is 32.2. The maximum Gasteiger partial charge on any atom is 0.250 e. The molecule has 2 rings (SSSR count). The summed E-state index contributed by atoms with van der Waals surface area (Å²) in [6.45, 7) is 1.53. The van der Waals surface area contributed by atoms with Crippen molar-refractivity contribution in [1.29, 1.82) is 0 Å². The van der Waals surface area contributed by atoms with E-state index in [4.69, 9.17) is 4.74 Å². The summed E-state index contributed by atoms with van der Waals surface area (Å²) in [6.07, 6.45) is 0. The minimum Gasteiger partial charge on any atom is -0.471 e. The summed E-state index contributed by atoms with van der Waals surface area (Å²) in [7, 11) is 0. The Kier molecular flexibility index (Phi) is 2.32. The Bertz CT molecular complexity index is 284. The van der Waals surface area contributed by atoms with Crippen LogP contribution in [-0.2, 0) is 4.74 Å². The van der Waals surface area contributed by atoms with Gasteiger partial charge in [-0.2, -0.15) is 0 Å². The standard InChI is InChI=1S/C9H9NOS/c1-2-4-8(5-3-1)12-9-10-6-7-11-9/h1-5H,6-7H2. The molecule has 0 fully saturated rings. The average Bonchev–Trinajstić information content (AvgIpc) is 2.59. The highest BCUT2D eigenvalue weighted by molar-refractivity contribution is 8.13. The first-order valence-corrected chi connectivity index (χ1v) is 4.67. The summed E-state index contributed by atoms with van der Waals surface area (Å²) in [5, 5.41) is 0.793. The lowest BCUT2D eigenvalue weighted by Gasteiger charge is -1.99. The summed E-state index contributed by atoms with van der Waals surface area (Å²) in [5.74, 6) is 0. The van der Waals surface area contributed by atoms with E-state index in [0.29, 0.717) is 0 Å². The molecule has 2 nitrogen and oxygen atoms in total. The third-order valence-electron chi connectivity index (χ3n) is 1.51. The van der Waals surface area contributed by atoms with E-state index in [1.807, 2.05) is 18.2 Å². The van der Waals surface area contributed by atoms with E-state index in [1.165, 1.54) is 4.90 Å². The molecule has 1 aliphatic rings. The van der Waals surface area contributed by atoms with Gasteiger partial charge in [0, 0.05) is 4.90 Å². The second-order valence-electron chi connectivity index (χ2n) is 2.41. The zero-order valence-corrected chi connectivity index (χ0v) is 7.38. The quantitative estimate of drug-likeness (QED) is 0.659. The van der Waals surface area contributed by atoms with E-state index >= 15 is 0 Å². The van der Waals surface area contributed by atoms with Gasteiger partial charge in [0.25, 0.3) is 5.23 Å². The topological polar surface area (TPSA) is 21.6 Å². The van der Waals surface area contributed by atoms with Gasteiger partial charge in [-0.25, -0.2) is 4.99 Å². The molecule has 1 aromatic carbocycles. The summed E-state index contributed by atoms with van der Waals surface area (Å²) < 4.78 is 5.27. The van der Waals surface area contributed by atoms with E-state index in [-0.39, 0.29) is 0 Å². The zero-order chi connectivity index (χ0) is 8.23. The maximum atomic E-state index is 5.27. The van der Waals surface area contributed by atoms with E-state index < -0.39 is 0 Å². The number of thioether (sulfide) groups is 1. The molecule has 12 heavy (non-hydrogen) atoms. The Morgan fingerprint density at radius 3 is 2.75 bits per heavy atom. The lowest BCUT2D eigenvalue weighted by Crippen LogP contribution is -1.91. The minimum atomic E-state index is 0.731. The fourth-order valence-corrected chi connectivity index (χ4v) is 1.76.